The van der Waals surface area contributed by atoms with Crippen LogP contribution in [-0.2, 0) is 18.1 Å². The summed E-state index contributed by atoms with van der Waals surface area (Å²) in [4.78, 5) is 0. The van der Waals surface area contributed by atoms with Crippen molar-refractivity contribution in [1.82, 2.24) is 0 Å². The molecule has 0 fully saturated rings. The van der Waals surface area contributed by atoms with Crippen LogP contribution in [0.4, 0.5) is 0 Å². The Labute approximate surface area is 118 Å². The fourth-order valence-corrected chi connectivity index (χ4v) is 2.95. The van der Waals surface area contributed by atoms with Crippen LogP contribution in [0.2, 0.25) is 18.1 Å². The molecule has 0 rings (SSSR count). The highest BCUT2D eigenvalue weighted by atomic mass is 31.2. The third-order valence-electron chi connectivity index (χ3n) is 3.15. The molecule has 0 bridgehead atoms. The minimum atomic E-state index is -3.43. The molecule has 0 heterocycles. The summed E-state index contributed by atoms with van der Waals surface area (Å²) in [6.07, 6.45) is 0. The van der Waals surface area contributed by atoms with Gasteiger partial charge in [-0.15, -0.1) is 5.54 Å². The first-order valence-corrected chi connectivity index (χ1v) is 11.1. The van der Waals surface area contributed by atoms with Gasteiger partial charge in [-0.2, -0.15) is 0 Å². The molecule has 0 spiro atoms. The summed E-state index contributed by atoms with van der Waals surface area (Å²) in [6, 6.07) is 0. The van der Waals surface area contributed by atoms with E-state index in [1.165, 1.54) is 0 Å². The van der Waals surface area contributed by atoms with Crippen LogP contribution < -0.4 is 0 Å². The van der Waals surface area contributed by atoms with E-state index in [-0.39, 0.29) is 24.9 Å². The molecule has 0 amide bonds. The zero-order valence-electron chi connectivity index (χ0n) is 13.2. The van der Waals surface area contributed by atoms with E-state index < -0.39 is 15.9 Å². The maximum atomic E-state index is 12.0. The minimum absolute atomic E-state index is 0.0732. The van der Waals surface area contributed by atoms with Crippen LogP contribution in [0.25, 0.3) is 0 Å². The van der Waals surface area contributed by atoms with E-state index in [2.05, 4.69) is 45.3 Å². The summed E-state index contributed by atoms with van der Waals surface area (Å²) >= 11 is 0. The summed E-state index contributed by atoms with van der Waals surface area (Å²) in [5, 5.41) is 0.198. The van der Waals surface area contributed by atoms with Crippen LogP contribution in [-0.4, -0.2) is 27.9 Å². The lowest BCUT2D eigenvalue weighted by Crippen LogP contribution is -2.35. The fraction of sp³-hybridized carbons (Fsp3) is 0.846. The molecule has 0 aliphatic carbocycles. The second-order valence-corrected chi connectivity index (χ2v) is 12.4. The Bertz CT molecular complexity index is 366. The van der Waals surface area contributed by atoms with E-state index >= 15 is 0 Å². The van der Waals surface area contributed by atoms with Crippen molar-refractivity contribution < 1.29 is 18.1 Å². The number of phosphoric ester groups is 1. The van der Waals surface area contributed by atoms with E-state index in [1.807, 2.05) is 0 Å². The van der Waals surface area contributed by atoms with Gasteiger partial charge in [-0.1, -0.05) is 39.8 Å². The van der Waals surface area contributed by atoms with Crippen molar-refractivity contribution in [2.24, 2.45) is 0 Å². The highest BCUT2D eigenvalue weighted by Gasteiger charge is 2.33. The Morgan fingerprint density at radius 2 is 1.53 bits per heavy atom. The molecule has 0 aromatic carbocycles. The zero-order chi connectivity index (χ0) is 15.2. The Balaban J connectivity index is 4.55. The molecule has 0 saturated carbocycles. The first-order valence-electron chi connectivity index (χ1n) is 6.61. The van der Waals surface area contributed by atoms with Gasteiger partial charge in [0.15, 0.2) is 0 Å². The predicted molar refractivity (Wildman–Crippen MR) is 81.8 cm³/mol. The highest BCUT2D eigenvalue weighted by Crippen LogP contribution is 2.48. The molecule has 112 valence electrons. The quantitative estimate of drug-likeness (QED) is 0.418. The average Bonchev–Trinajstić information content (AvgIpc) is 2.23. The lowest BCUT2D eigenvalue weighted by atomic mass is 10.2. The molecule has 0 saturated heterocycles. The van der Waals surface area contributed by atoms with E-state index in [9.17, 15) is 4.57 Å². The van der Waals surface area contributed by atoms with Crippen LogP contribution in [0.1, 0.15) is 34.6 Å². The minimum Gasteiger partial charge on any atom is -0.287 e. The van der Waals surface area contributed by atoms with Crippen molar-refractivity contribution in [1.29, 1.82) is 0 Å². The van der Waals surface area contributed by atoms with Crippen LogP contribution in [0.5, 0.6) is 0 Å². The monoisotopic (exact) mass is 306 g/mol. The van der Waals surface area contributed by atoms with Crippen LogP contribution >= 0.6 is 7.82 Å². The Hall–Kier alpha value is -0.113. The average molecular weight is 306 g/mol. The molecule has 0 atom stereocenters. The lowest BCUT2D eigenvalue weighted by molar-refractivity contribution is 0.132. The first kappa shape index (κ1) is 18.9. The maximum Gasteiger partial charge on any atom is 0.475 e. The fourth-order valence-electron chi connectivity index (χ4n) is 0.984. The lowest BCUT2D eigenvalue weighted by Gasteiger charge is -2.31. The van der Waals surface area contributed by atoms with Crippen molar-refractivity contribution in [3.63, 3.8) is 0 Å². The van der Waals surface area contributed by atoms with Crippen molar-refractivity contribution in [3.8, 4) is 11.5 Å². The van der Waals surface area contributed by atoms with Crippen molar-refractivity contribution in [2.45, 2.75) is 52.8 Å². The predicted octanol–water partition coefficient (Wildman–Crippen LogP) is 4.24. The Morgan fingerprint density at radius 1 is 1.05 bits per heavy atom. The molecule has 0 aromatic heterocycles. The molecule has 0 radical (unpaired) electrons. The van der Waals surface area contributed by atoms with E-state index in [0.717, 1.165) is 0 Å². The second-order valence-electron chi connectivity index (χ2n) is 5.73. The Morgan fingerprint density at radius 3 is 1.89 bits per heavy atom. The standard InChI is InChI=1S/C13H27O4PSi/c1-8-15-18(14,16-9-2)17-11-10-12-19(6,7)13(3,4)5/h8-9,11H2,1-7H3. The Kier molecular flexibility index (Phi) is 7.57. The normalized spacial score (nSPS) is 13.0. The van der Waals surface area contributed by atoms with Crippen molar-refractivity contribution in [2.75, 3.05) is 19.8 Å². The maximum absolute atomic E-state index is 12.0. The highest BCUT2D eigenvalue weighted by molar-refractivity contribution is 7.48. The number of phosphoric acid groups is 1. The smallest absolute Gasteiger partial charge is 0.287 e. The summed E-state index contributed by atoms with van der Waals surface area (Å²) in [5.74, 6) is 2.96. The van der Waals surface area contributed by atoms with Gasteiger partial charge in [0.2, 0.25) is 0 Å². The van der Waals surface area contributed by atoms with Gasteiger partial charge in [-0.3, -0.25) is 13.6 Å². The van der Waals surface area contributed by atoms with Gasteiger partial charge in [0.25, 0.3) is 0 Å². The first-order chi connectivity index (χ1) is 8.58. The topological polar surface area (TPSA) is 44.8 Å². The van der Waals surface area contributed by atoms with Gasteiger partial charge < -0.3 is 0 Å². The largest absolute Gasteiger partial charge is 0.475 e. The summed E-state index contributed by atoms with van der Waals surface area (Å²) in [5.41, 5.74) is 3.29. The molecule has 0 aliphatic heterocycles. The molecule has 0 aromatic rings. The summed E-state index contributed by atoms with van der Waals surface area (Å²) < 4.78 is 27.2. The van der Waals surface area contributed by atoms with Crippen LogP contribution in [0, 0.1) is 11.5 Å². The third kappa shape index (κ3) is 6.74. The molecular formula is C13H27O4PSi. The third-order valence-corrected chi connectivity index (χ3v) is 9.29. The van der Waals surface area contributed by atoms with E-state index in [4.69, 9.17) is 13.6 Å². The van der Waals surface area contributed by atoms with E-state index in [1.54, 1.807) is 13.8 Å². The zero-order valence-corrected chi connectivity index (χ0v) is 15.1. The summed E-state index contributed by atoms with van der Waals surface area (Å²) in [6.45, 7) is 15.1. The SMILES string of the molecule is CCOP(=O)(OCC)OCC#C[Si](C)(C)C(C)(C)C. The molecule has 19 heavy (non-hydrogen) atoms. The van der Waals surface area contributed by atoms with Gasteiger partial charge in [0.1, 0.15) is 14.7 Å². The molecule has 0 aliphatic rings. The van der Waals surface area contributed by atoms with Gasteiger partial charge in [-0.25, -0.2) is 4.57 Å². The van der Waals surface area contributed by atoms with Gasteiger partial charge >= 0.3 is 7.82 Å². The number of rotatable bonds is 6. The molecule has 6 heteroatoms. The molecular weight excluding hydrogens is 279 g/mol. The van der Waals surface area contributed by atoms with Crippen LogP contribution in [0.3, 0.4) is 0 Å². The number of hydrogen-bond donors (Lipinski definition) is 0. The van der Waals surface area contributed by atoms with Gasteiger partial charge in [0, 0.05) is 0 Å². The molecule has 0 N–H and O–H groups in total. The summed E-state index contributed by atoms with van der Waals surface area (Å²) in [7, 11) is -5.08. The van der Waals surface area contributed by atoms with Crippen LogP contribution in [0.15, 0.2) is 0 Å². The molecule has 4 nitrogen and oxygen atoms in total. The van der Waals surface area contributed by atoms with Gasteiger partial charge in [-0.05, 0) is 18.9 Å². The van der Waals surface area contributed by atoms with Crippen molar-refractivity contribution in [3.05, 3.63) is 0 Å². The van der Waals surface area contributed by atoms with Crippen molar-refractivity contribution >= 4 is 15.9 Å². The number of hydrogen-bond acceptors (Lipinski definition) is 4. The van der Waals surface area contributed by atoms with Gasteiger partial charge in [0.05, 0.1) is 13.2 Å². The second kappa shape index (κ2) is 7.61. The molecule has 0 unspecified atom stereocenters. The van der Waals surface area contributed by atoms with E-state index in [0.29, 0.717) is 0 Å².